The molecule has 0 unspecified atom stereocenters. The number of anilines is 1. The van der Waals surface area contributed by atoms with Crippen LogP contribution in [0.5, 0.6) is 5.88 Å². The summed E-state index contributed by atoms with van der Waals surface area (Å²) in [4.78, 5) is 27.9. The fourth-order valence-electron chi connectivity index (χ4n) is 5.01. The Morgan fingerprint density at radius 2 is 2.00 bits per heavy atom. The Kier molecular flexibility index (Phi) is 8.38. The standard InChI is InChI=1S/C29H31ClFN5O4S/c1-2-38-29(37)24-15-23-28(41-24)33-26(36(23)16-21-8-13-39-21)17-34-9-11-35(12-10-34)25-4-3-5-27(32-25)40-18-19-6-7-20(30)14-22(19)31/h3-7,14-15,21H,2,8-13,16-18H2,1H3/t21-/m0/s1. The van der Waals surface area contributed by atoms with E-state index in [9.17, 15) is 9.18 Å². The molecule has 0 N–H and O–H groups in total. The van der Waals surface area contributed by atoms with E-state index < -0.39 is 5.82 Å². The van der Waals surface area contributed by atoms with Gasteiger partial charge in [0.2, 0.25) is 5.88 Å². The molecular weight excluding hydrogens is 569 g/mol. The summed E-state index contributed by atoms with van der Waals surface area (Å²) in [5.74, 6) is 1.55. The van der Waals surface area contributed by atoms with Gasteiger partial charge in [-0.1, -0.05) is 23.7 Å². The first-order chi connectivity index (χ1) is 20.0. The Morgan fingerprint density at radius 1 is 1.17 bits per heavy atom. The maximum Gasteiger partial charge on any atom is 0.348 e. The van der Waals surface area contributed by atoms with Crippen LogP contribution in [0.2, 0.25) is 5.02 Å². The van der Waals surface area contributed by atoms with Crippen LogP contribution in [0.15, 0.2) is 42.5 Å². The van der Waals surface area contributed by atoms with Gasteiger partial charge in [0, 0.05) is 49.4 Å². The van der Waals surface area contributed by atoms with Gasteiger partial charge in [0.05, 0.1) is 31.3 Å². The van der Waals surface area contributed by atoms with E-state index in [0.717, 1.165) is 67.7 Å². The lowest BCUT2D eigenvalue weighted by Gasteiger charge is -2.35. The minimum atomic E-state index is -0.398. The van der Waals surface area contributed by atoms with Gasteiger partial charge in [-0.3, -0.25) is 4.90 Å². The van der Waals surface area contributed by atoms with E-state index in [4.69, 9.17) is 30.8 Å². The van der Waals surface area contributed by atoms with Crippen molar-refractivity contribution < 1.29 is 23.4 Å². The number of benzene rings is 1. The van der Waals surface area contributed by atoms with Crippen molar-refractivity contribution in [1.29, 1.82) is 0 Å². The van der Waals surface area contributed by atoms with Crippen LogP contribution in [0.4, 0.5) is 10.2 Å². The summed E-state index contributed by atoms with van der Waals surface area (Å²) >= 11 is 7.22. The molecule has 5 heterocycles. The quantitative estimate of drug-likeness (QED) is 0.232. The number of rotatable bonds is 10. The third-order valence-electron chi connectivity index (χ3n) is 7.34. The Hall–Kier alpha value is -3.25. The molecule has 0 saturated carbocycles. The zero-order chi connectivity index (χ0) is 28.3. The third kappa shape index (κ3) is 6.33. The molecule has 41 heavy (non-hydrogen) atoms. The SMILES string of the molecule is CCOC(=O)c1cc2c(nc(CN3CCN(c4cccc(OCc5ccc(Cl)cc5F)n4)CC3)n2C[C@@H]2CCO2)s1. The van der Waals surface area contributed by atoms with E-state index in [-0.39, 0.29) is 18.7 Å². The molecule has 0 aliphatic carbocycles. The molecule has 2 fully saturated rings. The van der Waals surface area contributed by atoms with Crippen molar-refractivity contribution in [3.05, 3.63) is 69.6 Å². The molecule has 2 aliphatic heterocycles. The summed E-state index contributed by atoms with van der Waals surface area (Å²) in [6, 6.07) is 12.1. The summed E-state index contributed by atoms with van der Waals surface area (Å²) in [5.41, 5.74) is 1.39. The number of piperazine rings is 1. The van der Waals surface area contributed by atoms with Gasteiger partial charge in [-0.05, 0) is 37.6 Å². The molecule has 0 spiro atoms. The van der Waals surface area contributed by atoms with Crippen molar-refractivity contribution in [2.75, 3.05) is 44.3 Å². The number of halogens is 2. The maximum atomic E-state index is 14.1. The minimum absolute atomic E-state index is 0.0739. The lowest BCUT2D eigenvalue weighted by atomic mass is 10.2. The second-order valence-corrected chi connectivity index (χ2v) is 11.5. The number of hydrogen-bond acceptors (Lipinski definition) is 9. The van der Waals surface area contributed by atoms with E-state index >= 15 is 0 Å². The first kappa shape index (κ1) is 27.9. The smallest absolute Gasteiger partial charge is 0.348 e. The van der Waals surface area contributed by atoms with Crippen LogP contribution in [-0.2, 0) is 29.2 Å². The zero-order valence-corrected chi connectivity index (χ0v) is 24.3. The van der Waals surface area contributed by atoms with E-state index in [1.165, 1.54) is 17.4 Å². The molecule has 2 aliphatic rings. The first-order valence-corrected chi connectivity index (χ1v) is 14.9. The van der Waals surface area contributed by atoms with Crippen molar-refractivity contribution >= 4 is 45.1 Å². The Labute approximate surface area is 246 Å². The Bertz CT molecular complexity index is 1530. The molecule has 3 aromatic heterocycles. The van der Waals surface area contributed by atoms with Crippen molar-refractivity contribution in [2.45, 2.75) is 39.1 Å². The van der Waals surface area contributed by atoms with Gasteiger partial charge in [-0.15, -0.1) is 11.3 Å². The molecular formula is C29H31ClFN5O4S. The number of thiophene rings is 1. The first-order valence-electron chi connectivity index (χ1n) is 13.8. The molecule has 4 aromatic rings. The molecule has 0 radical (unpaired) electrons. The summed E-state index contributed by atoms with van der Waals surface area (Å²) in [6.07, 6.45) is 1.20. The fourth-order valence-corrected chi connectivity index (χ4v) is 6.11. The number of carbonyl (C=O) groups excluding carboxylic acids is 1. The molecule has 2 saturated heterocycles. The average molecular weight is 600 g/mol. The number of hydrogen-bond donors (Lipinski definition) is 0. The maximum absolute atomic E-state index is 14.1. The van der Waals surface area contributed by atoms with Gasteiger partial charge in [-0.25, -0.2) is 14.2 Å². The van der Waals surface area contributed by atoms with Gasteiger partial charge in [-0.2, -0.15) is 4.98 Å². The summed E-state index contributed by atoms with van der Waals surface area (Å²) < 4.78 is 33.0. The highest BCUT2D eigenvalue weighted by molar-refractivity contribution is 7.20. The van der Waals surface area contributed by atoms with E-state index in [0.29, 0.717) is 34.5 Å². The number of esters is 1. The molecule has 0 bridgehead atoms. The minimum Gasteiger partial charge on any atom is -0.473 e. The summed E-state index contributed by atoms with van der Waals surface area (Å²) in [6.45, 7) is 7.74. The molecule has 216 valence electrons. The van der Waals surface area contributed by atoms with Crippen molar-refractivity contribution in [3.8, 4) is 5.88 Å². The predicted octanol–water partition coefficient (Wildman–Crippen LogP) is 5.15. The molecule has 6 rings (SSSR count). The van der Waals surface area contributed by atoms with Crippen molar-refractivity contribution in [3.63, 3.8) is 0 Å². The zero-order valence-electron chi connectivity index (χ0n) is 22.7. The van der Waals surface area contributed by atoms with E-state index in [2.05, 4.69) is 19.4 Å². The highest BCUT2D eigenvalue weighted by Gasteiger charge is 2.26. The Morgan fingerprint density at radius 3 is 2.73 bits per heavy atom. The van der Waals surface area contributed by atoms with Crippen LogP contribution >= 0.6 is 22.9 Å². The van der Waals surface area contributed by atoms with E-state index in [1.807, 2.05) is 18.2 Å². The largest absolute Gasteiger partial charge is 0.473 e. The van der Waals surface area contributed by atoms with Crippen molar-refractivity contribution in [1.82, 2.24) is 19.4 Å². The van der Waals surface area contributed by atoms with Crippen molar-refractivity contribution in [2.24, 2.45) is 0 Å². The Balaban J connectivity index is 1.09. The van der Waals surface area contributed by atoms with Crippen LogP contribution < -0.4 is 9.64 Å². The van der Waals surface area contributed by atoms with Crippen LogP contribution in [0.25, 0.3) is 10.3 Å². The fraction of sp³-hybridized carbons (Fsp3) is 0.414. The number of aromatic nitrogens is 3. The highest BCUT2D eigenvalue weighted by atomic mass is 35.5. The monoisotopic (exact) mass is 599 g/mol. The van der Waals surface area contributed by atoms with Crippen LogP contribution in [0, 0.1) is 5.82 Å². The molecule has 1 atom stereocenters. The van der Waals surface area contributed by atoms with Crippen LogP contribution in [0.1, 0.15) is 34.4 Å². The molecule has 0 amide bonds. The number of nitrogens with zero attached hydrogens (tertiary/aromatic N) is 5. The normalized spacial score (nSPS) is 17.5. The third-order valence-corrected chi connectivity index (χ3v) is 8.58. The van der Waals surface area contributed by atoms with Gasteiger partial charge in [0.1, 0.15) is 33.8 Å². The number of imidazole rings is 1. The number of fused-ring (bicyclic) bond motifs is 1. The van der Waals surface area contributed by atoms with E-state index in [1.54, 1.807) is 25.1 Å². The van der Waals surface area contributed by atoms with Crippen LogP contribution in [0.3, 0.4) is 0 Å². The lowest BCUT2D eigenvalue weighted by molar-refractivity contribution is -0.0592. The second kappa shape index (κ2) is 12.3. The predicted molar refractivity (Wildman–Crippen MR) is 155 cm³/mol. The average Bonchev–Trinajstić information content (AvgIpc) is 3.49. The number of ether oxygens (including phenoxy) is 3. The van der Waals surface area contributed by atoms with Gasteiger partial charge in [0.15, 0.2) is 0 Å². The highest BCUT2D eigenvalue weighted by Crippen LogP contribution is 2.30. The van der Waals surface area contributed by atoms with Gasteiger partial charge < -0.3 is 23.7 Å². The molecule has 1 aromatic carbocycles. The van der Waals surface area contributed by atoms with Gasteiger partial charge in [0.25, 0.3) is 0 Å². The molecule has 9 nitrogen and oxygen atoms in total. The lowest BCUT2D eigenvalue weighted by Crippen LogP contribution is -2.46. The number of pyridine rings is 1. The second-order valence-electron chi connectivity index (χ2n) is 10.1. The molecule has 12 heteroatoms. The van der Waals surface area contributed by atoms with Gasteiger partial charge >= 0.3 is 5.97 Å². The summed E-state index contributed by atoms with van der Waals surface area (Å²) in [5, 5.41) is 0.352. The topological polar surface area (TPSA) is 82.0 Å². The van der Waals surface area contributed by atoms with Crippen LogP contribution in [-0.4, -0.2) is 70.9 Å². The number of carbonyl (C=O) groups is 1. The summed E-state index contributed by atoms with van der Waals surface area (Å²) in [7, 11) is 0.